The van der Waals surface area contributed by atoms with Gasteiger partial charge in [0.25, 0.3) is 0 Å². The Morgan fingerprint density at radius 2 is 2.15 bits per heavy atom. The molecule has 2 aromatic rings. The highest BCUT2D eigenvalue weighted by atomic mass is 35.5. The van der Waals surface area contributed by atoms with Crippen molar-refractivity contribution in [3.63, 3.8) is 0 Å². The zero-order chi connectivity index (χ0) is 14.7. The number of rotatable bonds is 5. The van der Waals surface area contributed by atoms with Crippen molar-refractivity contribution < 1.29 is 4.74 Å². The van der Waals surface area contributed by atoms with Gasteiger partial charge in [-0.2, -0.15) is 0 Å². The Hall–Kier alpha value is -1.20. The third kappa shape index (κ3) is 3.10. The fourth-order valence-corrected chi connectivity index (χ4v) is 3.13. The average Bonchev–Trinajstić information content (AvgIpc) is 2.79. The minimum atomic E-state index is 0.242. The molecule has 0 aliphatic carbocycles. The predicted octanol–water partition coefficient (Wildman–Crippen LogP) is 3.89. The van der Waals surface area contributed by atoms with Crippen LogP contribution in [0.1, 0.15) is 30.5 Å². The fourth-order valence-electron chi connectivity index (χ4n) is 1.92. The standard InChI is InChI=1S/C14H18ClN3OS/c1-5-13-16-17-14(18(13)3)20-9(2)10-6-7-12(19-4)11(15)8-10/h6-9H,5H2,1-4H3/t9-/m0/s1. The Bertz CT molecular complexity index is 600. The van der Waals surface area contributed by atoms with Crippen LogP contribution in [-0.4, -0.2) is 21.9 Å². The first-order valence-corrected chi connectivity index (χ1v) is 7.71. The van der Waals surface area contributed by atoms with Gasteiger partial charge in [-0.1, -0.05) is 36.4 Å². The average molecular weight is 312 g/mol. The van der Waals surface area contributed by atoms with Crippen LogP contribution >= 0.6 is 23.4 Å². The van der Waals surface area contributed by atoms with Gasteiger partial charge in [-0.05, 0) is 24.6 Å². The Balaban J connectivity index is 2.17. The molecule has 0 aliphatic heterocycles. The second-order valence-electron chi connectivity index (χ2n) is 4.47. The van der Waals surface area contributed by atoms with Gasteiger partial charge in [0.2, 0.25) is 0 Å². The summed E-state index contributed by atoms with van der Waals surface area (Å²) in [5, 5.41) is 10.2. The Morgan fingerprint density at radius 1 is 1.40 bits per heavy atom. The molecule has 108 valence electrons. The molecule has 1 aromatic carbocycles. The molecule has 0 spiro atoms. The van der Waals surface area contributed by atoms with Crippen LogP contribution in [0.5, 0.6) is 5.75 Å². The van der Waals surface area contributed by atoms with Crippen molar-refractivity contribution in [2.24, 2.45) is 7.05 Å². The van der Waals surface area contributed by atoms with Gasteiger partial charge in [-0.3, -0.25) is 0 Å². The third-order valence-electron chi connectivity index (χ3n) is 3.17. The molecule has 0 aliphatic rings. The number of thioether (sulfide) groups is 1. The Labute approximate surface area is 128 Å². The Morgan fingerprint density at radius 3 is 2.70 bits per heavy atom. The lowest BCUT2D eigenvalue weighted by Crippen LogP contribution is -1.98. The summed E-state index contributed by atoms with van der Waals surface area (Å²) in [5.41, 5.74) is 1.14. The number of benzene rings is 1. The smallest absolute Gasteiger partial charge is 0.191 e. The molecular formula is C14H18ClN3OS. The molecule has 0 radical (unpaired) electrons. The minimum Gasteiger partial charge on any atom is -0.495 e. The van der Waals surface area contributed by atoms with E-state index in [0.29, 0.717) is 10.8 Å². The summed E-state index contributed by atoms with van der Waals surface area (Å²) in [6.07, 6.45) is 0.882. The van der Waals surface area contributed by atoms with Crippen LogP contribution in [0, 0.1) is 0 Å². The molecule has 0 bridgehead atoms. The second kappa shape index (κ2) is 6.50. The van der Waals surface area contributed by atoms with Gasteiger partial charge in [-0.25, -0.2) is 0 Å². The normalized spacial score (nSPS) is 12.4. The zero-order valence-corrected chi connectivity index (χ0v) is 13.6. The molecule has 0 unspecified atom stereocenters. The van der Waals surface area contributed by atoms with E-state index in [9.17, 15) is 0 Å². The van der Waals surface area contributed by atoms with Crippen molar-refractivity contribution in [1.29, 1.82) is 0 Å². The number of ether oxygens (including phenoxy) is 1. The molecule has 1 heterocycles. The van der Waals surface area contributed by atoms with Crippen LogP contribution in [-0.2, 0) is 13.5 Å². The molecule has 0 saturated heterocycles. The minimum absolute atomic E-state index is 0.242. The molecule has 0 N–H and O–H groups in total. The van der Waals surface area contributed by atoms with Crippen molar-refractivity contribution in [2.75, 3.05) is 7.11 Å². The van der Waals surface area contributed by atoms with E-state index in [4.69, 9.17) is 16.3 Å². The number of halogens is 1. The number of nitrogens with zero attached hydrogens (tertiary/aromatic N) is 3. The van der Waals surface area contributed by atoms with E-state index in [1.807, 2.05) is 29.8 Å². The van der Waals surface area contributed by atoms with E-state index < -0.39 is 0 Å². The van der Waals surface area contributed by atoms with E-state index in [1.165, 1.54) is 0 Å². The third-order valence-corrected chi connectivity index (χ3v) is 4.66. The highest BCUT2D eigenvalue weighted by molar-refractivity contribution is 7.99. The lowest BCUT2D eigenvalue weighted by molar-refractivity contribution is 0.415. The quantitative estimate of drug-likeness (QED) is 0.785. The molecule has 0 amide bonds. The SMILES string of the molecule is CCc1nnc(S[C@@H](C)c2ccc(OC)c(Cl)c2)n1C. The first-order valence-electron chi connectivity index (χ1n) is 6.45. The summed E-state index contributed by atoms with van der Waals surface area (Å²) < 4.78 is 7.20. The summed E-state index contributed by atoms with van der Waals surface area (Å²) in [6, 6.07) is 5.86. The number of hydrogen-bond donors (Lipinski definition) is 0. The van der Waals surface area contributed by atoms with Crippen LogP contribution in [0.2, 0.25) is 5.02 Å². The van der Waals surface area contributed by atoms with Crippen molar-refractivity contribution >= 4 is 23.4 Å². The van der Waals surface area contributed by atoms with Crippen LogP contribution in [0.15, 0.2) is 23.4 Å². The first kappa shape index (κ1) is 15.2. The van der Waals surface area contributed by atoms with Crippen LogP contribution in [0.25, 0.3) is 0 Å². The molecule has 2 rings (SSSR count). The molecule has 0 fully saturated rings. The van der Waals surface area contributed by atoms with Crippen molar-refractivity contribution in [1.82, 2.24) is 14.8 Å². The van der Waals surface area contributed by atoms with Gasteiger partial charge in [0.1, 0.15) is 11.6 Å². The van der Waals surface area contributed by atoms with Crippen LogP contribution in [0.3, 0.4) is 0 Å². The monoisotopic (exact) mass is 311 g/mol. The maximum atomic E-state index is 6.17. The summed E-state index contributed by atoms with van der Waals surface area (Å²) >= 11 is 7.84. The maximum Gasteiger partial charge on any atom is 0.191 e. The van der Waals surface area contributed by atoms with Crippen molar-refractivity contribution in [3.05, 3.63) is 34.6 Å². The number of aryl methyl sites for hydroxylation is 1. The first-order chi connectivity index (χ1) is 9.56. The summed E-state index contributed by atoms with van der Waals surface area (Å²) in [7, 11) is 3.61. The Kier molecular flexibility index (Phi) is 4.94. The van der Waals surface area contributed by atoms with Gasteiger partial charge in [0.05, 0.1) is 12.1 Å². The van der Waals surface area contributed by atoms with E-state index in [2.05, 4.69) is 24.0 Å². The number of methoxy groups -OCH3 is 1. The van der Waals surface area contributed by atoms with Crippen molar-refractivity contribution in [3.8, 4) is 5.75 Å². The highest BCUT2D eigenvalue weighted by Crippen LogP contribution is 2.36. The van der Waals surface area contributed by atoms with E-state index in [-0.39, 0.29) is 5.25 Å². The van der Waals surface area contributed by atoms with Gasteiger partial charge >= 0.3 is 0 Å². The number of aromatic nitrogens is 3. The highest BCUT2D eigenvalue weighted by Gasteiger charge is 2.14. The van der Waals surface area contributed by atoms with E-state index in [0.717, 1.165) is 23.0 Å². The lowest BCUT2D eigenvalue weighted by atomic mass is 10.1. The zero-order valence-electron chi connectivity index (χ0n) is 12.1. The summed E-state index contributed by atoms with van der Waals surface area (Å²) in [4.78, 5) is 0. The number of hydrogen-bond acceptors (Lipinski definition) is 4. The molecule has 4 nitrogen and oxygen atoms in total. The summed E-state index contributed by atoms with van der Waals surface area (Å²) in [6.45, 7) is 4.20. The van der Waals surface area contributed by atoms with E-state index >= 15 is 0 Å². The lowest BCUT2D eigenvalue weighted by Gasteiger charge is -2.12. The maximum absolute atomic E-state index is 6.17. The van der Waals surface area contributed by atoms with Gasteiger partial charge < -0.3 is 9.30 Å². The van der Waals surface area contributed by atoms with E-state index in [1.54, 1.807) is 18.9 Å². The molecule has 20 heavy (non-hydrogen) atoms. The molecule has 0 saturated carbocycles. The topological polar surface area (TPSA) is 39.9 Å². The molecule has 1 atom stereocenters. The summed E-state index contributed by atoms with van der Waals surface area (Å²) in [5.74, 6) is 1.69. The van der Waals surface area contributed by atoms with Gasteiger partial charge in [-0.15, -0.1) is 10.2 Å². The van der Waals surface area contributed by atoms with Crippen molar-refractivity contribution in [2.45, 2.75) is 30.7 Å². The second-order valence-corrected chi connectivity index (χ2v) is 6.18. The van der Waals surface area contributed by atoms with Gasteiger partial charge in [0, 0.05) is 18.7 Å². The predicted molar refractivity (Wildman–Crippen MR) is 82.7 cm³/mol. The molecule has 6 heteroatoms. The van der Waals surface area contributed by atoms with Gasteiger partial charge in [0.15, 0.2) is 5.16 Å². The van der Waals surface area contributed by atoms with Crippen LogP contribution in [0.4, 0.5) is 0 Å². The fraction of sp³-hybridized carbons (Fsp3) is 0.429. The largest absolute Gasteiger partial charge is 0.495 e. The molecule has 1 aromatic heterocycles. The molecular weight excluding hydrogens is 294 g/mol. The van der Waals surface area contributed by atoms with Crippen LogP contribution < -0.4 is 4.74 Å².